The number of rotatable bonds is 6. The number of piperazine rings is 1. The van der Waals surface area contributed by atoms with Crippen molar-refractivity contribution in [3.05, 3.63) is 69.9 Å². The van der Waals surface area contributed by atoms with Crippen molar-refractivity contribution in [2.45, 2.75) is 65.9 Å². The lowest BCUT2D eigenvalue weighted by molar-refractivity contribution is 0.0201. The largest absolute Gasteiger partial charge is 0.514 e. The molecule has 0 aliphatic carbocycles. The lowest BCUT2D eigenvalue weighted by Crippen LogP contribution is -2.49. The number of carbonyl (C=O) groups excluding carboxylic acids is 3. The predicted octanol–water partition coefficient (Wildman–Crippen LogP) is 5.59. The van der Waals surface area contributed by atoms with Crippen molar-refractivity contribution < 1.29 is 37.7 Å². The topological polar surface area (TPSA) is 137 Å². The zero-order valence-corrected chi connectivity index (χ0v) is 25.9. The molecule has 0 saturated carbocycles. The van der Waals surface area contributed by atoms with Crippen molar-refractivity contribution in [3.8, 4) is 5.75 Å². The highest BCUT2D eigenvalue weighted by atomic mass is 16.7. The van der Waals surface area contributed by atoms with Crippen LogP contribution in [0.3, 0.4) is 0 Å². The van der Waals surface area contributed by atoms with Crippen LogP contribution < -0.4 is 20.4 Å². The van der Waals surface area contributed by atoms with Gasteiger partial charge in [-0.2, -0.15) is 0 Å². The molecule has 1 N–H and O–H groups in total. The van der Waals surface area contributed by atoms with Gasteiger partial charge in [0, 0.05) is 32.7 Å². The smallest absolute Gasteiger partial charge is 0.445 e. The molecule has 1 aromatic heterocycles. The second-order valence-corrected chi connectivity index (χ2v) is 12.3. The zero-order valence-electron chi connectivity index (χ0n) is 25.9. The van der Waals surface area contributed by atoms with Gasteiger partial charge in [-0.25, -0.2) is 14.4 Å². The highest BCUT2D eigenvalue weighted by Gasteiger charge is 2.30. The minimum atomic E-state index is -1.06. The van der Waals surface area contributed by atoms with Gasteiger partial charge in [-0.1, -0.05) is 36.4 Å². The van der Waals surface area contributed by atoms with Gasteiger partial charge in [-0.3, -0.25) is 4.79 Å². The highest BCUT2D eigenvalue weighted by Crippen LogP contribution is 2.31. The summed E-state index contributed by atoms with van der Waals surface area (Å²) >= 11 is 0. The average molecular weight is 610 g/mol. The van der Waals surface area contributed by atoms with Crippen molar-refractivity contribution in [2.24, 2.45) is 0 Å². The molecule has 1 fully saturated rings. The van der Waals surface area contributed by atoms with Crippen LogP contribution in [-0.4, -0.2) is 60.6 Å². The Morgan fingerprint density at radius 3 is 2.16 bits per heavy atom. The van der Waals surface area contributed by atoms with Crippen LogP contribution in [0.25, 0.3) is 11.0 Å². The van der Waals surface area contributed by atoms with Crippen LogP contribution in [-0.2, 0) is 27.4 Å². The highest BCUT2D eigenvalue weighted by molar-refractivity contribution is 5.82. The van der Waals surface area contributed by atoms with Crippen LogP contribution in [0.2, 0.25) is 0 Å². The molecule has 3 aromatic rings. The molecule has 1 aliphatic rings. The minimum Gasteiger partial charge on any atom is -0.445 e. The number of anilines is 1. The summed E-state index contributed by atoms with van der Waals surface area (Å²) in [4.78, 5) is 54.5. The first-order valence-electron chi connectivity index (χ1n) is 14.4. The molecule has 0 bridgehead atoms. The maximum absolute atomic E-state index is 13.7. The molecule has 12 heteroatoms. The van der Waals surface area contributed by atoms with E-state index in [1.165, 1.54) is 0 Å². The van der Waals surface area contributed by atoms with Crippen molar-refractivity contribution in [3.63, 3.8) is 0 Å². The third-order valence-corrected chi connectivity index (χ3v) is 6.34. The van der Waals surface area contributed by atoms with Crippen molar-refractivity contribution >= 4 is 35.2 Å². The number of hydrogen-bond acceptors (Lipinski definition) is 10. The fourth-order valence-electron chi connectivity index (χ4n) is 4.37. The molecule has 236 valence electrons. The lowest BCUT2D eigenvalue weighted by Gasteiger charge is -2.34. The summed E-state index contributed by atoms with van der Waals surface area (Å²) in [5, 5.41) is 2.81. The molecule has 1 aliphatic heterocycles. The van der Waals surface area contributed by atoms with E-state index in [0.29, 0.717) is 5.56 Å². The van der Waals surface area contributed by atoms with Crippen LogP contribution in [0.4, 0.5) is 20.3 Å². The van der Waals surface area contributed by atoms with Crippen LogP contribution in [0.5, 0.6) is 5.75 Å². The van der Waals surface area contributed by atoms with Gasteiger partial charge in [-0.05, 0) is 64.8 Å². The number of benzene rings is 2. The van der Waals surface area contributed by atoms with Gasteiger partial charge in [0.2, 0.25) is 17.1 Å². The number of nitrogens with one attached hydrogen (secondary N) is 1. The second kappa shape index (κ2) is 13.3. The van der Waals surface area contributed by atoms with E-state index in [2.05, 4.69) is 5.32 Å². The molecule has 0 radical (unpaired) electrons. The summed E-state index contributed by atoms with van der Waals surface area (Å²) in [7, 11) is 0. The van der Waals surface area contributed by atoms with E-state index in [0.717, 1.165) is 5.56 Å². The van der Waals surface area contributed by atoms with Crippen LogP contribution in [0, 0.1) is 0 Å². The van der Waals surface area contributed by atoms with E-state index >= 15 is 0 Å². The molecule has 44 heavy (non-hydrogen) atoms. The Balaban J connectivity index is 1.54. The molecule has 0 spiro atoms. The third-order valence-electron chi connectivity index (χ3n) is 6.34. The van der Waals surface area contributed by atoms with Gasteiger partial charge in [0.1, 0.15) is 23.4 Å². The van der Waals surface area contributed by atoms with Gasteiger partial charge in [-0.15, -0.1) is 0 Å². The number of fused-ring (bicyclic) bond motifs is 1. The second-order valence-electron chi connectivity index (χ2n) is 12.3. The van der Waals surface area contributed by atoms with E-state index in [-0.39, 0.29) is 61.9 Å². The summed E-state index contributed by atoms with van der Waals surface area (Å²) in [5.41, 5.74) is -0.365. The number of nitrogens with zero attached hydrogens (tertiary/aromatic N) is 2. The Bertz CT molecular complexity index is 1550. The fourth-order valence-corrected chi connectivity index (χ4v) is 4.37. The minimum absolute atomic E-state index is 0.0466. The van der Waals surface area contributed by atoms with Gasteiger partial charge in [0.05, 0.1) is 5.39 Å². The van der Waals surface area contributed by atoms with E-state index in [1.54, 1.807) is 69.5 Å². The van der Waals surface area contributed by atoms with Crippen LogP contribution >= 0.6 is 0 Å². The van der Waals surface area contributed by atoms with Crippen molar-refractivity contribution in [1.82, 2.24) is 10.2 Å². The maximum atomic E-state index is 13.7. The Morgan fingerprint density at radius 2 is 1.52 bits per heavy atom. The molecule has 2 amide bonds. The normalized spacial score (nSPS) is 13.8. The Labute approximate surface area is 255 Å². The maximum Gasteiger partial charge on any atom is 0.514 e. The molecular weight excluding hydrogens is 570 g/mol. The molecule has 12 nitrogen and oxygen atoms in total. The van der Waals surface area contributed by atoms with Crippen LogP contribution in [0.1, 0.15) is 52.7 Å². The number of ether oxygens (including phenoxy) is 4. The first-order chi connectivity index (χ1) is 20.7. The SMILES string of the molecule is CC(C)(C)OC(=O)NCc1ccc2oc(N3CCN(C(=O)OCc4ccccc4)CC3)c(OC(=O)OC(C)(C)C)c(=O)c2c1. The molecule has 0 atom stereocenters. The molecule has 4 rings (SSSR count). The van der Waals surface area contributed by atoms with Crippen LogP contribution in [0.15, 0.2) is 57.7 Å². The first kappa shape index (κ1) is 32.2. The Hall–Kier alpha value is -4.74. The van der Waals surface area contributed by atoms with Crippen molar-refractivity contribution in [1.29, 1.82) is 0 Å². The number of hydrogen-bond donors (Lipinski definition) is 1. The summed E-state index contributed by atoms with van der Waals surface area (Å²) < 4.78 is 27.6. The molecule has 1 saturated heterocycles. The first-order valence-corrected chi connectivity index (χ1v) is 14.4. The zero-order chi connectivity index (χ0) is 32.1. The van der Waals surface area contributed by atoms with E-state index in [4.69, 9.17) is 23.4 Å². The number of amides is 2. The molecule has 0 unspecified atom stereocenters. The van der Waals surface area contributed by atoms with Gasteiger partial charge >= 0.3 is 18.3 Å². The van der Waals surface area contributed by atoms with Gasteiger partial charge < -0.3 is 38.5 Å². The predicted molar refractivity (Wildman–Crippen MR) is 163 cm³/mol. The quantitative estimate of drug-likeness (QED) is 0.278. The lowest BCUT2D eigenvalue weighted by atomic mass is 10.1. The Kier molecular flexibility index (Phi) is 9.71. The molecular formula is C32H39N3O9. The summed E-state index contributed by atoms with van der Waals surface area (Å²) in [5.74, 6) is -0.283. The Morgan fingerprint density at radius 1 is 0.864 bits per heavy atom. The summed E-state index contributed by atoms with van der Waals surface area (Å²) in [6, 6.07) is 14.3. The molecule has 2 aromatic carbocycles. The summed E-state index contributed by atoms with van der Waals surface area (Å²) in [6.07, 6.45) is -2.11. The van der Waals surface area contributed by atoms with E-state index in [9.17, 15) is 19.2 Å². The fraction of sp³-hybridized carbons (Fsp3) is 0.438. The van der Waals surface area contributed by atoms with E-state index in [1.807, 2.05) is 30.3 Å². The monoisotopic (exact) mass is 609 g/mol. The number of alkyl carbamates (subject to hydrolysis) is 1. The van der Waals surface area contributed by atoms with E-state index < -0.39 is 35.0 Å². The number of carbonyl (C=O) groups is 3. The van der Waals surface area contributed by atoms with Gasteiger partial charge in [0.15, 0.2) is 0 Å². The summed E-state index contributed by atoms with van der Waals surface area (Å²) in [6.45, 7) is 11.7. The molecule has 2 heterocycles. The average Bonchev–Trinajstić information content (AvgIpc) is 2.95. The van der Waals surface area contributed by atoms with Gasteiger partial charge in [0.25, 0.3) is 0 Å². The standard InChI is InChI=1S/C32H39N3O9/c1-31(2,3)43-28(37)33-19-22-12-13-24-23(18-22)25(36)26(42-30(39)44-32(4,5)6)27(41-24)34-14-16-35(17-15-34)29(38)40-20-21-10-8-7-9-11-21/h7-13,18H,14-17,19-20H2,1-6H3,(H,33,37). The third kappa shape index (κ3) is 8.88. The van der Waals surface area contributed by atoms with Crippen molar-refractivity contribution in [2.75, 3.05) is 31.1 Å².